The van der Waals surface area contributed by atoms with E-state index in [9.17, 15) is 19.3 Å². The van der Waals surface area contributed by atoms with Crippen molar-refractivity contribution in [3.8, 4) is 0 Å². The van der Waals surface area contributed by atoms with Crippen LogP contribution in [-0.2, 0) is 16.1 Å². The lowest BCUT2D eigenvalue weighted by Crippen LogP contribution is -2.46. The summed E-state index contributed by atoms with van der Waals surface area (Å²) in [5, 5.41) is 13.5. The number of carbonyl (C=O) groups excluding carboxylic acids is 1. The predicted octanol–water partition coefficient (Wildman–Crippen LogP) is 2.41. The zero-order valence-corrected chi connectivity index (χ0v) is 12.5. The van der Waals surface area contributed by atoms with Gasteiger partial charge >= 0.3 is 5.97 Å². The van der Waals surface area contributed by atoms with E-state index in [4.69, 9.17) is 4.74 Å². The van der Waals surface area contributed by atoms with E-state index in [1.54, 1.807) is 0 Å². The van der Waals surface area contributed by atoms with Crippen molar-refractivity contribution in [1.29, 1.82) is 0 Å². The minimum Gasteiger partial charge on any atom is -0.468 e. The number of carbonyl (C=O) groups is 1. The highest BCUT2D eigenvalue weighted by Crippen LogP contribution is 2.22. The molecule has 0 radical (unpaired) electrons. The molecule has 0 fully saturated rings. The van der Waals surface area contributed by atoms with Crippen molar-refractivity contribution < 1.29 is 18.8 Å². The van der Waals surface area contributed by atoms with Crippen molar-refractivity contribution in [3.63, 3.8) is 0 Å². The van der Waals surface area contributed by atoms with Gasteiger partial charge in [-0.3, -0.25) is 20.2 Å². The monoisotopic (exact) mass is 298 g/mol. The van der Waals surface area contributed by atoms with Crippen molar-refractivity contribution in [2.24, 2.45) is 5.41 Å². The van der Waals surface area contributed by atoms with Gasteiger partial charge in [-0.1, -0.05) is 20.8 Å². The lowest BCUT2D eigenvalue weighted by atomic mass is 9.86. The number of nitrogens with zero attached hydrogens (tertiary/aromatic N) is 1. The van der Waals surface area contributed by atoms with Crippen LogP contribution in [0.4, 0.5) is 10.1 Å². The third kappa shape index (κ3) is 4.49. The van der Waals surface area contributed by atoms with Gasteiger partial charge in [-0.25, -0.2) is 4.39 Å². The molecule has 1 aromatic carbocycles. The van der Waals surface area contributed by atoms with Gasteiger partial charge in [0.2, 0.25) is 0 Å². The summed E-state index contributed by atoms with van der Waals surface area (Å²) in [5.41, 5.74) is -0.472. The van der Waals surface area contributed by atoms with Gasteiger partial charge in [-0.2, -0.15) is 0 Å². The number of nitro benzene ring substituents is 1. The number of hydrogen-bond acceptors (Lipinski definition) is 5. The van der Waals surface area contributed by atoms with Crippen molar-refractivity contribution in [3.05, 3.63) is 39.7 Å². The molecule has 0 spiro atoms. The van der Waals surface area contributed by atoms with Gasteiger partial charge in [-0.05, 0) is 11.5 Å². The third-order valence-corrected chi connectivity index (χ3v) is 3.05. The van der Waals surface area contributed by atoms with Crippen molar-refractivity contribution in [2.45, 2.75) is 33.4 Å². The molecular weight excluding hydrogens is 279 g/mol. The van der Waals surface area contributed by atoms with Gasteiger partial charge in [0.05, 0.1) is 18.1 Å². The van der Waals surface area contributed by atoms with Gasteiger partial charge in [0, 0.05) is 18.2 Å². The fraction of sp³-hybridized carbons (Fsp3) is 0.500. The van der Waals surface area contributed by atoms with E-state index in [0.29, 0.717) is 0 Å². The lowest BCUT2D eigenvalue weighted by Gasteiger charge is -2.29. The van der Waals surface area contributed by atoms with Crippen LogP contribution < -0.4 is 5.32 Å². The Kier molecular flexibility index (Phi) is 5.37. The van der Waals surface area contributed by atoms with E-state index in [1.165, 1.54) is 19.2 Å². The molecule has 116 valence electrons. The number of ether oxygens (including phenoxy) is 1. The molecule has 1 aromatic rings. The molecule has 0 aromatic heterocycles. The first-order valence-electron chi connectivity index (χ1n) is 6.41. The standard InChI is InChI=1S/C14H19FN2O4/c1-14(2,3)12(13(18)21-4)16-8-9-5-6-10(17(19)20)7-11(9)15/h5-7,12,16H,8H2,1-4H3/t12-/m1/s1. The third-order valence-electron chi connectivity index (χ3n) is 3.05. The van der Waals surface area contributed by atoms with Gasteiger partial charge in [0.25, 0.3) is 5.69 Å². The molecular formula is C14H19FN2O4. The number of non-ortho nitro benzene ring substituents is 1. The lowest BCUT2D eigenvalue weighted by molar-refractivity contribution is -0.385. The first kappa shape index (κ1) is 17.0. The van der Waals surface area contributed by atoms with Crippen LogP contribution in [0.3, 0.4) is 0 Å². The quantitative estimate of drug-likeness (QED) is 0.513. The number of benzene rings is 1. The Morgan fingerprint density at radius 2 is 2.10 bits per heavy atom. The van der Waals surface area contributed by atoms with Crippen LogP contribution in [0, 0.1) is 21.3 Å². The maximum absolute atomic E-state index is 13.8. The first-order chi connectivity index (χ1) is 9.66. The highest BCUT2D eigenvalue weighted by atomic mass is 19.1. The summed E-state index contributed by atoms with van der Waals surface area (Å²) >= 11 is 0. The van der Waals surface area contributed by atoms with Crippen LogP contribution in [0.2, 0.25) is 0 Å². The SMILES string of the molecule is COC(=O)[C@@H](NCc1ccc([N+](=O)[O-])cc1F)C(C)(C)C. The number of rotatable bonds is 5. The maximum Gasteiger partial charge on any atom is 0.323 e. The molecule has 7 heteroatoms. The van der Waals surface area contributed by atoms with E-state index in [1.807, 2.05) is 20.8 Å². The number of halogens is 1. The summed E-state index contributed by atoms with van der Waals surface area (Å²) in [6.07, 6.45) is 0. The van der Waals surface area contributed by atoms with Gasteiger partial charge in [0.15, 0.2) is 0 Å². The van der Waals surface area contributed by atoms with E-state index in [0.717, 1.165) is 6.07 Å². The Hall–Kier alpha value is -2.02. The summed E-state index contributed by atoms with van der Waals surface area (Å²) in [6.45, 7) is 5.64. The molecule has 1 atom stereocenters. The van der Waals surface area contributed by atoms with E-state index in [2.05, 4.69) is 5.32 Å². The molecule has 1 N–H and O–H groups in total. The van der Waals surface area contributed by atoms with Crippen molar-refractivity contribution in [2.75, 3.05) is 7.11 Å². The van der Waals surface area contributed by atoms with Crippen LogP contribution in [0.15, 0.2) is 18.2 Å². The van der Waals surface area contributed by atoms with Crippen LogP contribution in [0.1, 0.15) is 26.3 Å². The number of esters is 1. The normalized spacial score (nSPS) is 12.8. The second kappa shape index (κ2) is 6.62. The Morgan fingerprint density at radius 1 is 1.48 bits per heavy atom. The predicted molar refractivity (Wildman–Crippen MR) is 75.2 cm³/mol. The number of nitrogens with one attached hydrogen (secondary N) is 1. The van der Waals surface area contributed by atoms with Crippen LogP contribution >= 0.6 is 0 Å². The molecule has 21 heavy (non-hydrogen) atoms. The number of hydrogen-bond donors (Lipinski definition) is 1. The molecule has 0 aliphatic rings. The molecule has 0 aliphatic heterocycles. The average Bonchev–Trinajstić information content (AvgIpc) is 2.38. The van der Waals surface area contributed by atoms with E-state index in [-0.39, 0.29) is 17.8 Å². The Morgan fingerprint density at radius 3 is 2.52 bits per heavy atom. The summed E-state index contributed by atoms with van der Waals surface area (Å²) in [7, 11) is 1.29. The summed E-state index contributed by atoms with van der Waals surface area (Å²) in [6, 6.07) is 2.81. The van der Waals surface area contributed by atoms with Crippen molar-refractivity contribution in [1.82, 2.24) is 5.32 Å². The minimum absolute atomic E-state index is 0.0703. The highest BCUT2D eigenvalue weighted by Gasteiger charge is 2.31. The second-order valence-corrected chi connectivity index (χ2v) is 5.74. The largest absolute Gasteiger partial charge is 0.468 e. The molecule has 0 saturated carbocycles. The molecule has 1 rings (SSSR count). The van der Waals surface area contributed by atoms with Crippen LogP contribution in [-0.4, -0.2) is 24.0 Å². The Labute approximate surface area is 122 Å². The summed E-state index contributed by atoms with van der Waals surface area (Å²) < 4.78 is 18.5. The second-order valence-electron chi connectivity index (χ2n) is 5.74. The zero-order chi connectivity index (χ0) is 16.2. The van der Waals surface area contributed by atoms with Crippen LogP contribution in [0.25, 0.3) is 0 Å². The van der Waals surface area contributed by atoms with Crippen molar-refractivity contribution >= 4 is 11.7 Å². The smallest absolute Gasteiger partial charge is 0.323 e. The fourth-order valence-corrected chi connectivity index (χ4v) is 1.87. The maximum atomic E-state index is 13.8. The molecule has 0 heterocycles. The van der Waals surface area contributed by atoms with Gasteiger partial charge in [-0.15, -0.1) is 0 Å². The fourth-order valence-electron chi connectivity index (χ4n) is 1.87. The molecule has 0 bridgehead atoms. The first-order valence-corrected chi connectivity index (χ1v) is 6.41. The molecule has 0 amide bonds. The molecule has 0 saturated heterocycles. The van der Waals surface area contributed by atoms with Gasteiger partial charge < -0.3 is 4.74 Å². The van der Waals surface area contributed by atoms with Gasteiger partial charge in [0.1, 0.15) is 11.9 Å². The molecule has 0 aliphatic carbocycles. The average molecular weight is 298 g/mol. The zero-order valence-electron chi connectivity index (χ0n) is 12.5. The summed E-state index contributed by atoms with van der Waals surface area (Å²) in [5.74, 6) is -1.13. The highest BCUT2D eigenvalue weighted by molar-refractivity contribution is 5.76. The topological polar surface area (TPSA) is 81.5 Å². The minimum atomic E-state index is -0.686. The number of methoxy groups -OCH3 is 1. The Bertz CT molecular complexity index is 540. The Balaban J connectivity index is 2.86. The van der Waals surface area contributed by atoms with E-state index >= 15 is 0 Å². The molecule has 0 unspecified atom stereocenters. The number of nitro groups is 1. The summed E-state index contributed by atoms with van der Waals surface area (Å²) in [4.78, 5) is 21.6. The van der Waals surface area contributed by atoms with E-state index < -0.39 is 28.2 Å². The molecule has 6 nitrogen and oxygen atoms in total. The van der Waals surface area contributed by atoms with Crippen LogP contribution in [0.5, 0.6) is 0 Å².